The summed E-state index contributed by atoms with van der Waals surface area (Å²) in [5.74, 6) is 0.242. The lowest BCUT2D eigenvalue weighted by Crippen LogP contribution is -2.32. The molecule has 2 amide bonds. The predicted molar refractivity (Wildman–Crippen MR) is 150 cm³/mol. The summed E-state index contributed by atoms with van der Waals surface area (Å²) < 4.78 is 14.3. The minimum Gasteiger partial charge on any atom is -0.405 e. The number of rotatable bonds is 9. The van der Waals surface area contributed by atoms with Crippen LogP contribution in [0, 0.1) is 12.8 Å². The molecular weight excluding hydrogens is 495 g/mol. The molecule has 1 atom stereocenters. The minimum atomic E-state index is -1.66. The van der Waals surface area contributed by atoms with Crippen molar-refractivity contribution in [2.24, 2.45) is 11.7 Å². The van der Waals surface area contributed by atoms with Crippen molar-refractivity contribution in [2.45, 2.75) is 52.2 Å². The first-order valence-corrected chi connectivity index (χ1v) is 12.9. The van der Waals surface area contributed by atoms with E-state index in [1.54, 1.807) is 30.5 Å². The van der Waals surface area contributed by atoms with Crippen LogP contribution in [-0.4, -0.2) is 32.8 Å². The Labute approximate surface area is 227 Å². The molecule has 1 aliphatic carbocycles. The summed E-state index contributed by atoms with van der Waals surface area (Å²) in [6.45, 7) is 6.64. The van der Waals surface area contributed by atoms with E-state index < -0.39 is 5.67 Å². The number of benzene rings is 1. The molecule has 1 unspecified atom stereocenters. The van der Waals surface area contributed by atoms with Gasteiger partial charge in [-0.05, 0) is 88.7 Å². The third-order valence-corrected chi connectivity index (χ3v) is 6.34. The lowest BCUT2D eigenvalue weighted by atomic mass is 10.0. The zero-order valence-electron chi connectivity index (χ0n) is 22.5. The molecule has 1 fully saturated rings. The van der Waals surface area contributed by atoms with Crippen LogP contribution >= 0.6 is 0 Å². The first kappa shape index (κ1) is 27.6. The standard InChI is InChI=1S/C30H33FN6O2/c1-18-5-8-23(36-29(39)22-10-13-33-26(16-22)30(3,4)31)17-24(18)25-11-14-34-27(37-25)21(9-12-32)15-19(2)35-28(38)20-6-7-20/h5,8-17,19-20H,6-7,32H2,1-4H3,(H,35,38)(H,36,39)/b12-9-,21-15+. The maximum atomic E-state index is 14.3. The molecule has 39 heavy (non-hydrogen) atoms. The number of hydrogen-bond acceptors (Lipinski definition) is 6. The van der Waals surface area contributed by atoms with Crippen LogP contribution in [0.3, 0.4) is 0 Å². The van der Waals surface area contributed by atoms with Gasteiger partial charge in [-0.25, -0.2) is 14.4 Å². The van der Waals surface area contributed by atoms with E-state index in [-0.39, 0.29) is 29.5 Å². The van der Waals surface area contributed by atoms with Gasteiger partial charge in [0.15, 0.2) is 5.82 Å². The molecule has 1 saturated carbocycles. The van der Waals surface area contributed by atoms with Gasteiger partial charge in [0.05, 0.1) is 11.4 Å². The van der Waals surface area contributed by atoms with Crippen molar-refractivity contribution >= 4 is 23.1 Å². The topological polar surface area (TPSA) is 123 Å². The van der Waals surface area contributed by atoms with E-state index >= 15 is 0 Å². The molecule has 4 N–H and O–H groups in total. The highest BCUT2D eigenvalue weighted by Gasteiger charge is 2.30. The number of carbonyl (C=O) groups is 2. The summed E-state index contributed by atoms with van der Waals surface area (Å²) in [5.41, 5.74) is 8.18. The highest BCUT2D eigenvalue weighted by atomic mass is 19.1. The van der Waals surface area contributed by atoms with Gasteiger partial charge in [0.2, 0.25) is 5.91 Å². The molecule has 2 heterocycles. The highest BCUT2D eigenvalue weighted by Crippen LogP contribution is 2.29. The second-order valence-electron chi connectivity index (χ2n) is 10.2. The average molecular weight is 529 g/mol. The molecule has 0 saturated heterocycles. The lowest BCUT2D eigenvalue weighted by Gasteiger charge is -2.15. The van der Waals surface area contributed by atoms with Gasteiger partial charge in [0, 0.05) is 46.7 Å². The van der Waals surface area contributed by atoms with Crippen LogP contribution in [0.4, 0.5) is 10.1 Å². The average Bonchev–Trinajstić information content (AvgIpc) is 3.75. The van der Waals surface area contributed by atoms with Gasteiger partial charge in [-0.3, -0.25) is 14.6 Å². The number of aromatic nitrogens is 3. The molecule has 4 rings (SSSR count). The predicted octanol–water partition coefficient (Wildman–Crippen LogP) is 5.07. The van der Waals surface area contributed by atoms with Gasteiger partial charge in [-0.1, -0.05) is 12.1 Å². The van der Waals surface area contributed by atoms with Gasteiger partial charge in [-0.15, -0.1) is 0 Å². The Hall–Kier alpha value is -4.40. The molecule has 3 aromatic rings. The van der Waals surface area contributed by atoms with Gasteiger partial charge < -0.3 is 16.4 Å². The Balaban J connectivity index is 1.58. The first-order valence-electron chi connectivity index (χ1n) is 12.9. The maximum absolute atomic E-state index is 14.3. The van der Waals surface area contributed by atoms with Crippen molar-refractivity contribution in [3.05, 3.63) is 89.8 Å². The lowest BCUT2D eigenvalue weighted by molar-refractivity contribution is -0.122. The molecule has 2 aromatic heterocycles. The fraction of sp³-hybridized carbons (Fsp3) is 0.300. The maximum Gasteiger partial charge on any atom is 0.255 e. The second kappa shape index (κ2) is 11.6. The molecule has 8 nitrogen and oxygen atoms in total. The largest absolute Gasteiger partial charge is 0.405 e. The van der Waals surface area contributed by atoms with E-state index in [9.17, 15) is 14.0 Å². The number of carbonyl (C=O) groups excluding carboxylic acids is 2. The van der Waals surface area contributed by atoms with Crippen molar-refractivity contribution in [3.63, 3.8) is 0 Å². The number of hydrogen-bond donors (Lipinski definition) is 3. The van der Waals surface area contributed by atoms with E-state index in [1.807, 2.05) is 32.1 Å². The van der Waals surface area contributed by atoms with E-state index in [4.69, 9.17) is 10.7 Å². The molecule has 1 aliphatic rings. The van der Waals surface area contributed by atoms with Crippen LogP contribution in [0.25, 0.3) is 16.8 Å². The van der Waals surface area contributed by atoms with Crippen LogP contribution < -0.4 is 16.4 Å². The quantitative estimate of drug-likeness (QED) is 0.333. The SMILES string of the molecule is Cc1ccc(NC(=O)c2ccnc(C(C)(C)F)c2)cc1-c1ccnc(C(/C=C\N)=C/C(C)NC(=O)C2CC2)n1. The number of halogens is 1. The Kier molecular flexibility index (Phi) is 8.18. The summed E-state index contributed by atoms with van der Waals surface area (Å²) in [6, 6.07) is 10.1. The summed E-state index contributed by atoms with van der Waals surface area (Å²) in [6.07, 6.45) is 9.92. The van der Waals surface area contributed by atoms with Crippen molar-refractivity contribution in [1.82, 2.24) is 20.3 Å². The number of alkyl halides is 1. The van der Waals surface area contributed by atoms with Crippen LogP contribution in [0.15, 0.2) is 67.1 Å². The Morgan fingerprint density at radius 2 is 1.87 bits per heavy atom. The number of nitrogens with one attached hydrogen (secondary N) is 2. The molecule has 1 aromatic carbocycles. The van der Waals surface area contributed by atoms with Gasteiger partial charge >= 0.3 is 0 Å². The van der Waals surface area contributed by atoms with E-state index in [0.717, 1.165) is 24.0 Å². The third-order valence-electron chi connectivity index (χ3n) is 6.34. The molecule has 0 bridgehead atoms. The molecular formula is C30H33FN6O2. The molecule has 0 radical (unpaired) electrons. The van der Waals surface area contributed by atoms with E-state index in [2.05, 4.69) is 20.6 Å². The van der Waals surface area contributed by atoms with E-state index in [1.165, 1.54) is 32.3 Å². The second-order valence-corrected chi connectivity index (χ2v) is 10.2. The van der Waals surface area contributed by atoms with Crippen molar-refractivity contribution in [3.8, 4) is 11.3 Å². The summed E-state index contributed by atoms with van der Waals surface area (Å²) in [5, 5.41) is 5.87. The summed E-state index contributed by atoms with van der Waals surface area (Å²) in [4.78, 5) is 38.3. The Morgan fingerprint density at radius 3 is 2.56 bits per heavy atom. The highest BCUT2D eigenvalue weighted by molar-refractivity contribution is 6.04. The number of nitrogens with two attached hydrogens (primary N) is 1. The summed E-state index contributed by atoms with van der Waals surface area (Å²) in [7, 11) is 0. The number of aryl methyl sites for hydroxylation is 1. The van der Waals surface area contributed by atoms with Crippen LogP contribution in [0.1, 0.15) is 61.1 Å². The van der Waals surface area contributed by atoms with Crippen LogP contribution in [0.2, 0.25) is 0 Å². The van der Waals surface area contributed by atoms with Crippen molar-refractivity contribution in [1.29, 1.82) is 0 Å². The fourth-order valence-electron chi connectivity index (χ4n) is 4.03. The third kappa shape index (κ3) is 7.13. The van der Waals surface area contributed by atoms with Crippen molar-refractivity contribution < 1.29 is 14.0 Å². The first-order chi connectivity index (χ1) is 18.5. The minimum absolute atomic E-state index is 0.0513. The number of allylic oxidation sites excluding steroid dienone is 2. The van der Waals surface area contributed by atoms with Crippen LogP contribution in [0.5, 0.6) is 0 Å². The monoisotopic (exact) mass is 528 g/mol. The molecule has 9 heteroatoms. The van der Waals surface area contributed by atoms with Gasteiger partial charge in [-0.2, -0.15) is 0 Å². The fourth-order valence-corrected chi connectivity index (χ4v) is 4.03. The zero-order chi connectivity index (χ0) is 28.2. The van der Waals surface area contributed by atoms with Crippen molar-refractivity contribution in [2.75, 3.05) is 5.32 Å². The molecule has 202 valence electrons. The number of pyridine rings is 1. The van der Waals surface area contributed by atoms with E-state index in [0.29, 0.717) is 28.3 Å². The normalized spacial score (nSPS) is 14.7. The van der Waals surface area contributed by atoms with Gasteiger partial charge in [0.25, 0.3) is 5.91 Å². The van der Waals surface area contributed by atoms with Crippen LogP contribution in [-0.2, 0) is 10.5 Å². The number of nitrogens with zero attached hydrogens (tertiary/aromatic N) is 3. The number of amides is 2. The summed E-state index contributed by atoms with van der Waals surface area (Å²) >= 11 is 0. The smallest absolute Gasteiger partial charge is 0.255 e. The molecule has 0 spiro atoms. The number of anilines is 1. The van der Waals surface area contributed by atoms with Gasteiger partial charge in [0.1, 0.15) is 5.67 Å². The Morgan fingerprint density at radius 1 is 1.13 bits per heavy atom. The Bertz CT molecular complexity index is 1440. The molecule has 0 aliphatic heterocycles. The zero-order valence-corrected chi connectivity index (χ0v) is 22.5.